The van der Waals surface area contributed by atoms with Crippen LogP contribution in [0.2, 0.25) is 0 Å². The Morgan fingerprint density at radius 2 is 1.79 bits per heavy atom. The molecule has 1 atom stereocenters. The van der Waals surface area contributed by atoms with Crippen LogP contribution in [0.5, 0.6) is 11.5 Å². The lowest BCUT2D eigenvalue weighted by Gasteiger charge is -2.27. The Hall–Kier alpha value is -3.46. The zero-order chi connectivity index (χ0) is 24.7. The van der Waals surface area contributed by atoms with Crippen molar-refractivity contribution in [3.8, 4) is 11.5 Å². The first-order valence-electron chi connectivity index (χ1n) is 11.1. The molecule has 1 aliphatic heterocycles. The zero-order valence-electron chi connectivity index (χ0n) is 19.9. The Labute approximate surface area is 198 Å². The van der Waals surface area contributed by atoms with Crippen LogP contribution in [0.1, 0.15) is 36.9 Å². The van der Waals surface area contributed by atoms with Crippen molar-refractivity contribution >= 4 is 17.5 Å². The molecule has 9 heteroatoms. The van der Waals surface area contributed by atoms with Crippen molar-refractivity contribution < 1.29 is 28.2 Å². The second-order valence-corrected chi connectivity index (χ2v) is 7.79. The third-order valence-electron chi connectivity index (χ3n) is 5.68. The van der Waals surface area contributed by atoms with Crippen molar-refractivity contribution in [2.75, 3.05) is 41.0 Å². The van der Waals surface area contributed by atoms with Gasteiger partial charge in [-0.25, -0.2) is 9.40 Å². The van der Waals surface area contributed by atoms with Crippen molar-refractivity contribution in [2.45, 2.75) is 25.8 Å². The number of carbonyl (C=O) groups is 2. The summed E-state index contributed by atoms with van der Waals surface area (Å²) in [5.74, 6) is 0.287. The minimum atomic E-state index is -0.423. The Bertz CT molecular complexity index is 1040. The minimum Gasteiger partial charge on any atom is -0.493 e. The normalized spacial score (nSPS) is 15.1. The standard InChI is InChI=1S/C25H30FN3O5/c1-5-24(30)28(12-13-32-2)16-25(31)29-21(18-8-11-22(33-3)23(14-18)34-4)15-20(27-29)17-6-9-19(26)10-7-17/h6-11,14,21H,5,12-13,15-16H2,1-4H3. The van der Waals surface area contributed by atoms with Crippen molar-refractivity contribution in [3.63, 3.8) is 0 Å². The molecule has 182 valence electrons. The largest absolute Gasteiger partial charge is 0.493 e. The maximum atomic E-state index is 13.5. The first-order chi connectivity index (χ1) is 16.4. The van der Waals surface area contributed by atoms with Gasteiger partial charge in [0.25, 0.3) is 5.91 Å². The van der Waals surface area contributed by atoms with E-state index >= 15 is 0 Å². The molecular formula is C25H30FN3O5. The van der Waals surface area contributed by atoms with E-state index in [0.29, 0.717) is 36.8 Å². The SMILES string of the molecule is CCC(=O)N(CCOC)CC(=O)N1N=C(c2ccc(F)cc2)CC1c1ccc(OC)c(OC)c1. The number of ether oxygens (including phenoxy) is 3. The molecule has 1 heterocycles. The summed E-state index contributed by atoms with van der Waals surface area (Å²) in [6, 6.07) is 11.0. The fraction of sp³-hybridized carbons (Fsp3) is 0.400. The molecule has 0 saturated carbocycles. The molecule has 2 amide bonds. The average Bonchev–Trinajstić information content (AvgIpc) is 3.31. The van der Waals surface area contributed by atoms with Crippen LogP contribution < -0.4 is 9.47 Å². The van der Waals surface area contributed by atoms with E-state index in [2.05, 4.69) is 5.10 Å². The number of halogens is 1. The Kier molecular flexibility index (Phi) is 8.59. The van der Waals surface area contributed by atoms with E-state index in [4.69, 9.17) is 14.2 Å². The van der Waals surface area contributed by atoms with E-state index in [1.54, 1.807) is 46.5 Å². The van der Waals surface area contributed by atoms with Gasteiger partial charge in [-0.2, -0.15) is 5.10 Å². The van der Waals surface area contributed by atoms with Gasteiger partial charge in [0.05, 0.1) is 32.6 Å². The maximum Gasteiger partial charge on any atom is 0.262 e. The van der Waals surface area contributed by atoms with Crippen molar-refractivity contribution in [3.05, 3.63) is 59.4 Å². The van der Waals surface area contributed by atoms with Gasteiger partial charge >= 0.3 is 0 Å². The number of benzene rings is 2. The summed E-state index contributed by atoms with van der Waals surface area (Å²) in [6.45, 7) is 2.25. The van der Waals surface area contributed by atoms with Gasteiger partial charge in [-0.05, 0) is 35.4 Å². The van der Waals surface area contributed by atoms with Crippen LogP contribution in [0.25, 0.3) is 0 Å². The van der Waals surface area contributed by atoms with E-state index < -0.39 is 6.04 Å². The Balaban J connectivity index is 1.94. The lowest BCUT2D eigenvalue weighted by atomic mass is 9.98. The summed E-state index contributed by atoms with van der Waals surface area (Å²) in [5, 5.41) is 6.00. The number of hydrazone groups is 1. The van der Waals surface area contributed by atoms with Crippen LogP contribution >= 0.6 is 0 Å². The predicted molar refractivity (Wildman–Crippen MR) is 125 cm³/mol. The van der Waals surface area contributed by atoms with Gasteiger partial charge in [0, 0.05) is 26.5 Å². The Morgan fingerprint density at radius 3 is 2.41 bits per heavy atom. The molecule has 0 aromatic heterocycles. The summed E-state index contributed by atoms with van der Waals surface area (Å²) in [6.07, 6.45) is 0.701. The summed E-state index contributed by atoms with van der Waals surface area (Å²) in [5.41, 5.74) is 2.18. The van der Waals surface area contributed by atoms with Crippen molar-refractivity contribution in [2.24, 2.45) is 5.10 Å². The summed E-state index contributed by atoms with van der Waals surface area (Å²) >= 11 is 0. The number of amides is 2. The Morgan fingerprint density at radius 1 is 1.09 bits per heavy atom. The van der Waals surface area contributed by atoms with E-state index in [-0.39, 0.29) is 30.6 Å². The highest BCUT2D eigenvalue weighted by Crippen LogP contribution is 2.37. The lowest BCUT2D eigenvalue weighted by molar-refractivity contribution is -0.141. The van der Waals surface area contributed by atoms with Crippen LogP contribution in [0.15, 0.2) is 47.6 Å². The van der Waals surface area contributed by atoms with Crippen LogP contribution in [-0.2, 0) is 14.3 Å². The molecule has 0 N–H and O–H groups in total. The predicted octanol–water partition coefficient (Wildman–Crippen LogP) is 3.41. The van der Waals surface area contributed by atoms with Gasteiger partial charge in [0.2, 0.25) is 5.91 Å². The second kappa shape index (κ2) is 11.6. The number of rotatable bonds is 10. The average molecular weight is 472 g/mol. The number of methoxy groups -OCH3 is 3. The monoisotopic (exact) mass is 471 g/mol. The smallest absolute Gasteiger partial charge is 0.262 e. The van der Waals surface area contributed by atoms with Gasteiger partial charge in [-0.1, -0.05) is 25.1 Å². The van der Waals surface area contributed by atoms with E-state index in [0.717, 1.165) is 11.1 Å². The summed E-state index contributed by atoms with van der Waals surface area (Å²) in [7, 11) is 4.64. The van der Waals surface area contributed by atoms with Gasteiger partial charge in [-0.3, -0.25) is 9.59 Å². The lowest BCUT2D eigenvalue weighted by Crippen LogP contribution is -2.42. The molecule has 0 aliphatic carbocycles. The first kappa shape index (κ1) is 25.2. The third kappa shape index (κ3) is 5.72. The topological polar surface area (TPSA) is 80.7 Å². The second-order valence-electron chi connectivity index (χ2n) is 7.79. The molecule has 34 heavy (non-hydrogen) atoms. The molecule has 0 saturated heterocycles. The number of hydrogen-bond donors (Lipinski definition) is 0. The molecule has 0 fully saturated rings. The fourth-order valence-corrected chi connectivity index (χ4v) is 3.83. The van der Waals surface area contributed by atoms with Crippen LogP contribution in [0.4, 0.5) is 4.39 Å². The van der Waals surface area contributed by atoms with E-state index in [9.17, 15) is 14.0 Å². The van der Waals surface area contributed by atoms with E-state index in [1.807, 2.05) is 12.1 Å². The van der Waals surface area contributed by atoms with Gasteiger partial charge in [0.15, 0.2) is 11.5 Å². The highest BCUT2D eigenvalue weighted by molar-refractivity contribution is 6.03. The molecule has 2 aromatic rings. The molecule has 3 rings (SSSR count). The van der Waals surface area contributed by atoms with Gasteiger partial charge < -0.3 is 19.1 Å². The maximum absolute atomic E-state index is 13.5. The highest BCUT2D eigenvalue weighted by atomic mass is 19.1. The molecule has 0 radical (unpaired) electrons. The molecule has 2 aromatic carbocycles. The minimum absolute atomic E-state index is 0.125. The first-order valence-corrected chi connectivity index (χ1v) is 11.1. The van der Waals surface area contributed by atoms with Crippen molar-refractivity contribution in [1.29, 1.82) is 0 Å². The quantitative estimate of drug-likeness (QED) is 0.531. The van der Waals surface area contributed by atoms with Crippen molar-refractivity contribution in [1.82, 2.24) is 9.91 Å². The molecule has 1 aliphatic rings. The van der Waals surface area contributed by atoms with Crippen LogP contribution in [0.3, 0.4) is 0 Å². The number of hydrogen-bond acceptors (Lipinski definition) is 6. The fourth-order valence-electron chi connectivity index (χ4n) is 3.83. The van der Waals surface area contributed by atoms with Crippen LogP contribution in [-0.4, -0.2) is 68.5 Å². The highest BCUT2D eigenvalue weighted by Gasteiger charge is 2.34. The van der Waals surface area contributed by atoms with Gasteiger partial charge in [-0.15, -0.1) is 0 Å². The van der Waals surface area contributed by atoms with Crippen LogP contribution in [0, 0.1) is 5.82 Å². The zero-order valence-corrected chi connectivity index (χ0v) is 19.9. The van der Waals surface area contributed by atoms with E-state index in [1.165, 1.54) is 22.0 Å². The molecular weight excluding hydrogens is 441 g/mol. The van der Waals surface area contributed by atoms with Gasteiger partial charge in [0.1, 0.15) is 12.4 Å². The molecule has 1 unspecified atom stereocenters. The molecule has 0 bridgehead atoms. The summed E-state index contributed by atoms with van der Waals surface area (Å²) in [4.78, 5) is 27.3. The molecule has 8 nitrogen and oxygen atoms in total. The number of nitrogens with zero attached hydrogens (tertiary/aromatic N) is 3. The molecule has 0 spiro atoms. The third-order valence-corrected chi connectivity index (χ3v) is 5.68. The number of carbonyl (C=O) groups excluding carboxylic acids is 2. The summed E-state index contributed by atoms with van der Waals surface area (Å²) < 4.78 is 29.3.